The van der Waals surface area contributed by atoms with Crippen molar-refractivity contribution in [2.45, 2.75) is 71.8 Å². The molecule has 0 saturated carbocycles. The van der Waals surface area contributed by atoms with Crippen LogP contribution in [-0.2, 0) is 10.8 Å². The third-order valence-corrected chi connectivity index (χ3v) is 3.74. The lowest BCUT2D eigenvalue weighted by Gasteiger charge is -2.29. The first-order chi connectivity index (χ1) is 9.34. The fourth-order valence-electron chi connectivity index (χ4n) is 2.51. The second-order valence-electron chi connectivity index (χ2n) is 8.23. The minimum absolute atomic E-state index is 0.0784. The molecule has 0 aliphatic carbocycles. The molecule has 0 saturated heterocycles. The highest BCUT2D eigenvalue weighted by molar-refractivity contribution is 5.50. The van der Waals surface area contributed by atoms with Crippen LogP contribution in [0.2, 0.25) is 0 Å². The second kappa shape index (κ2) is 5.84. The van der Waals surface area contributed by atoms with E-state index in [1.807, 2.05) is 6.92 Å². The molecule has 1 aromatic carbocycles. The molecule has 0 heterocycles. The summed E-state index contributed by atoms with van der Waals surface area (Å²) < 4.78 is 0. The van der Waals surface area contributed by atoms with Crippen LogP contribution in [0.4, 0.5) is 0 Å². The predicted octanol–water partition coefficient (Wildman–Crippen LogP) is 4.95. The van der Waals surface area contributed by atoms with Gasteiger partial charge in [0.1, 0.15) is 5.75 Å². The molecule has 0 aromatic heterocycles. The van der Waals surface area contributed by atoms with Gasteiger partial charge in [0, 0.05) is 6.04 Å². The van der Waals surface area contributed by atoms with Crippen molar-refractivity contribution in [1.29, 1.82) is 0 Å². The van der Waals surface area contributed by atoms with Gasteiger partial charge in [0.05, 0.1) is 0 Å². The Balaban J connectivity index is 3.51. The maximum absolute atomic E-state index is 10.7. The van der Waals surface area contributed by atoms with Crippen molar-refractivity contribution in [3.8, 4) is 5.75 Å². The smallest absolute Gasteiger partial charge is 0.123 e. The monoisotopic (exact) mass is 289 g/mol. The van der Waals surface area contributed by atoms with Gasteiger partial charge in [0.2, 0.25) is 0 Å². The number of rotatable bonds is 3. The molecule has 3 N–H and O–H groups in total. The average Bonchev–Trinajstić information content (AvgIpc) is 2.24. The van der Waals surface area contributed by atoms with Crippen LogP contribution in [0.25, 0.3) is 0 Å². The molecule has 1 rings (SSSR count). The first-order valence-corrected chi connectivity index (χ1v) is 7.62. The first kappa shape index (κ1) is 17.8. The Hall–Kier alpha value is -1.28. The minimum atomic E-state index is -0.122. The molecule has 1 aromatic rings. The number of hydrogen-bond donors (Lipinski definition) is 2. The average molecular weight is 289 g/mol. The summed E-state index contributed by atoms with van der Waals surface area (Å²) in [7, 11) is 0. The van der Waals surface area contributed by atoms with E-state index in [1.54, 1.807) is 0 Å². The summed E-state index contributed by atoms with van der Waals surface area (Å²) in [6.45, 7) is 18.6. The topological polar surface area (TPSA) is 46.2 Å². The number of aromatic hydroxyl groups is 1. The standard InChI is InChI=1S/C19H31NO/c1-12(2)9-16(20)13-10-14(18(3,4)5)17(21)15(11-13)19(6,7)8/h10-11,16,21H,1,9,20H2,2-8H3/t16-/m0/s1. The van der Waals surface area contributed by atoms with Gasteiger partial charge in [-0.25, -0.2) is 0 Å². The molecule has 0 unspecified atom stereocenters. The molecule has 2 heteroatoms. The summed E-state index contributed by atoms with van der Waals surface area (Å²) >= 11 is 0. The van der Waals surface area contributed by atoms with Gasteiger partial charge in [0.25, 0.3) is 0 Å². The van der Waals surface area contributed by atoms with Gasteiger partial charge < -0.3 is 10.8 Å². The van der Waals surface area contributed by atoms with Crippen molar-refractivity contribution in [3.63, 3.8) is 0 Å². The van der Waals surface area contributed by atoms with Crippen LogP contribution in [0.5, 0.6) is 5.75 Å². The van der Waals surface area contributed by atoms with Crippen LogP contribution >= 0.6 is 0 Å². The molecule has 0 amide bonds. The normalized spacial score (nSPS) is 14.1. The summed E-state index contributed by atoms with van der Waals surface area (Å²) in [5.74, 6) is 0.404. The van der Waals surface area contributed by atoms with E-state index in [2.05, 4.69) is 60.3 Å². The number of phenols is 1. The summed E-state index contributed by atoms with van der Waals surface area (Å²) in [4.78, 5) is 0. The molecule has 21 heavy (non-hydrogen) atoms. The van der Waals surface area contributed by atoms with Gasteiger partial charge in [-0.15, -0.1) is 6.58 Å². The molecule has 0 aliphatic heterocycles. The number of hydrogen-bond acceptors (Lipinski definition) is 2. The fraction of sp³-hybridized carbons (Fsp3) is 0.579. The zero-order valence-electron chi connectivity index (χ0n) is 14.7. The van der Waals surface area contributed by atoms with Gasteiger partial charge in [-0.3, -0.25) is 0 Å². The van der Waals surface area contributed by atoms with Crippen LogP contribution in [0, 0.1) is 0 Å². The molecule has 2 nitrogen and oxygen atoms in total. The van der Waals surface area contributed by atoms with E-state index in [1.165, 1.54) is 0 Å². The van der Waals surface area contributed by atoms with Gasteiger partial charge >= 0.3 is 0 Å². The third kappa shape index (κ3) is 4.34. The highest BCUT2D eigenvalue weighted by Gasteiger charge is 2.27. The van der Waals surface area contributed by atoms with Gasteiger partial charge in [0.15, 0.2) is 0 Å². The van der Waals surface area contributed by atoms with E-state index in [4.69, 9.17) is 5.73 Å². The van der Waals surface area contributed by atoms with Crippen molar-refractivity contribution in [3.05, 3.63) is 41.0 Å². The molecule has 0 aliphatic rings. The van der Waals surface area contributed by atoms with E-state index in [0.29, 0.717) is 5.75 Å². The Morgan fingerprint density at radius 2 is 1.48 bits per heavy atom. The van der Waals surface area contributed by atoms with E-state index >= 15 is 0 Å². The molecule has 0 spiro atoms. The maximum Gasteiger partial charge on any atom is 0.123 e. The van der Waals surface area contributed by atoms with E-state index in [-0.39, 0.29) is 16.9 Å². The highest BCUT2D eigenvalue weighted by Crippen LogP contribution is 2.41. The van der Waals surface area contributed by atoms with Crippen molar-refractivity contribution in [2.75, 3.05) is 0 Å². The molecule has 0 bridgehead atoms. The Labute approximate surface area is 130 Å². The lowest BCUT2D eigenvalue weighted by molar-refractivity contribution is 0.422. The summed E-state index contributed by atoms with van der Waals surface area (Å²) in [5.41, 5.74) is 10.2. The van der Waals surface area contributed by atoms with Crippen molar-refractivity contribution in [1.82, 2.24) is 0 Å². The minimum Gasteiger partial charge on any atom is -0.507 e. The predicted molar refractivity (Wildman–Crippen MR) is 91.9 cm³/mol. The second-order valence-corrected chi connectivity index (χ2v) is 8.23. The van der Waals surface area contributed by atoms with Crippen LogP contribution in [-0.4, -0.2) is 5.11 Å². The van der Waals surface area contributed by atoms with Gasteiger partial charge in [-0.05, 0) is 53.0 Å². The molecular weight excluding hydrogens is 258 g/mol. The number of phenolic OH excluding ortho intramolecular Hbond substituents is 1. The third-order valence-electron chi connectivity index (χ3n) is 3.74. The Bertz CT molecular complexity index is 494. The number of benzene rings is 1. The fourth-order valence-corrected chi connectivity index (χ4v) is 2.51. The molecule has 0 radical (unpaired) electrons. The first-order valence-electron chi connectivity index (χ1n) is 7.62. The summed E-state index contributed by atoms with van der Waals surface area (Å²) in [6.07, 6.45) is 0.762. The lowest BCUT2D eigenvalue weighted by atomic mass is 9.77. The Morgan fingerprint density at radius 3 is 1.76 bits per heavy atom. The van der Waals surface area contributed by atoms with Crippen LogP contribution < -0.4 is 5.73 Å². The van der Waals surface area contributed by atoms with Crippen LogP contribution in [0.1, 0.15) is 77.6 Å². The SMILES string of the molecule is C=C(C)C[C@H](N)c1cc(C(C)(C)C)c(O)c(C(C)(C)C)c1. The Kier molecular flexibility index (Phi) is 4.94. The van der Waals surface area contributed by atoms with E-state index in [9.17, 15) is 5.11 Å². The molecule has 0 fully saturated rings. The molecule has 118 valence electrons. The van der Waals surface area contributed by atoms with Crippen molar-refractivity contribution < 1.29 is 5.11 Å². The van der Waals surface area contributed by atoms with Gasteiger partial charge in [-0.1, -0.05) is 47.1 Å². The van der Waals surface area contributed by atoms with E-state index in [0.717, 1.165) is 28.7 Å². The molecule has 1 atom stereocenters. The zero-order valence-corrected chi connectivity index (χ0v) is 14.7. The quantitative estimate of drug-likeness (QED) is 0.773. The van der Waals surface area contributed by atoms with Crippen LogP contribution in [0.3, 0.4) is 0 Å². The van der Waals surface area contributed by atoms with Crippen molar-refractivity contribution >= 4 is 0 Å². The maximum atomic E-state index is 10.7. The van der Waals surface area contributed by atoms with Gasteiger partial charge in [-0.2, -0.15) is 0 Å². The van der Waals surface area contributed by atoms with Crippen molar-refractivity contribution in [2.24, 2.45) is 5.73 Å². The lowest BCUT2D eigenvalue weighted by Crippen LogP contribution is -2.20. The summed E-state index contributed by atoms with van der Waals surface area (Å²) in [6, 6.07) is 4.03. The molecular formula is C19H31NO. The van der Waals surface area contributed by atoms with E-state index < -0.39 is 0 Å². The zero-order chi connectivity index (χ0) is 16.6. The highest BCUT2D eigenvalue weighted by atomic mass is 16.3. The van der Waals surface area contributed by atoms with Crippen LogP contribution in [0.15, 0.2) is 24.3 Å². The summed E-state index contributed by atoms with van der Waals surface area (Å²) in [5, 5.41) is 10.7. The Morgan fingerprint density at radius 1 is 1.10 bits per heavy atom. The number of nitrogens with two attached hydrogens (primary N) is 1. The largest absolute Gasteiger partial charge is 0.507 e.